The molecule has 0 amide bonds. The summed E-state index contributed by atoms with van der Waals surface area (Å²) in [6.45, 7) is 49.2. The normalized spacial score (nSPS) is 12.1. The molecule has 8 aromatic heterocycles. The molecule has 0 unspecified atom stereocenters. The quantitative estimate of drug-likeness (QED) is 0.0627. The van der Waals surface area contributed by atoms with E-state index in [2.05, 4.69) is 5.16 Å². The Morgan fingerprint density at radius 1 is 0.277 bits per heavy atom. The average molecular weight is 2030 g/mol. The van der Waals surface area contributed by atoms with Gasteiger partial charge in [-0.1, -0.05) is 107 Å². The zero-order valence-corrected chi connectivity index (χ0v) is 85.2. The van der Waals surface area contributed by atoms with Crippen molar-refractivity contribution in [3.8, 4) is 74.7 Å². The lowest BCUT2D eigenvalue weighted by Crippen LogP contribution is -2.36. The monoisotopic (exact) mass is 2030 g/mol. The molecule has 0 fully saturated rings. The van der Waals surface area contributed by atoms with Crippen molar-refractivity contribution in [3.63, 3.8) is 0 Å². The third-order valence-electron chi connectivity index (χ3n) is 20.1. The first-order valence-corrected chi connectivity index (χ1v) is 45.4. The molecular weight excluding hydrogens is 1930 g/mol. The minimum Gasteiger partial charge on any atom is -0.508 e. The van der Waals surface area contributed by atoms with Gasteiger partial charge in [-0.05, 0) is 220 Å². The van der Waals surface area contributed by atoms with Crippen molar-refractivity contribution < 1.29 is 89.0 Å². The van der Waals surface area contributed by atoms with Crippen molar-refractivity contribution in [1.29, 1.82) is 0 Å². The van der Waals surface area contributed by atoms with Gasteiger partial charge in [-0.3, -0.25) is 45.4 Å². The van der Waals surface area contributed by atoms with E-state index in [0.717, 1.165) is 25.3 Å². The Morgan fingerprint density at radius 2 is 0.642 bits per heavy atom. The summed E-state index contributed by atoms with van der Waals surface area (Å²) in [5, 5.41) is 129. The molecule has 0 aliphatic carbocycles. The van der Waals surface area contributed by atoms with E-state index in [0.29, 0.717) is 47.1 Å². The highest BCUT2D eigenvalue weighted by molar-refractivity contribution is 7.15. The summed E-state index contributed by atoms with van der Waals surface area (Å²) in [4.78, 5) is 121. The van der Waals surface area contributed by atoms with E-state index in [1.807, 2.05) is 104 Å². The Labute approximate surface area is 810 Å². The highest BCUT2D eigenvalue weighted by atomic mass is 35.5. The van der Waals surface area contributed by atoms with E-state index in [1.165, 1.54) is 112 Å². The number of benzene rings is 8. The number of fused-ring (bicyclic) bond motifs is 8. The van der Waals surface area contributed by atoms with Gasteiger partial charge < -0.3 is 89.0 Å². The van der Waals surface area contributed by atoms with Gasteiger partial charge in [0.05, 0.1) is 122 Å². The van der Waals surface area contributed by atoms with E-state index in [1.54, 1.807) is 95.0 Å². The van der Waals surface area contributed by atoms with Crippen LogP contribution in [0.2, 0.25) is 20.1 Å². The molecule has 137 heavy (non-hydrogen) atoms. The number of hydrogen-bond donors (Lipinski definition) is 13. The number of aryl methyl sites for hydroxylation is 2. The van der Waals surface area contributed by atoms with Gasteiger partial charge in [0.25, 0.3) is 38.9 Å². The van der Waals surface area contributed by atoms with Crippen LogP contribution in [0.5, 0.6) is 74.7 Å². The molecule has 13 N–H and O–H groups in total. The lowest BCUT2D eigenvalue weighted by Gasteiger charge is -2.19. The number of nitrogens with zero attached hydrogens (tertiary/aromatic N) is 8. The molecule has 0 atom stereocenters. The number of phenols is 13. The van der Waals surface area contributed by atoms with E-state index in [9.17, 15) is 114 Å². The van der Waals surface area contributed by atoms with Crippen molar-refractivity contribution in [2.75, 3.05) is 0 Å². The summed E-state index contributed by atoms with van der Waals surface area (Å²) in [5.74, 6) is -3.30. The maximum atomic E-state index is 12.3. The van der Waals surface area contributed by atoms with Crippen LogP contribution in [-0.2, 0) is 44.2 Å². The lowest BCUT2D eigenvalue weighted by atomic mass is 9.90. The second kappa shape index (κ2) is 38.5. The zero-order valence-electron chi connectivity index (χ0n) is 79.7. The third-order valence-corrected chi connectivity index (χ3v) is 26.1. The van der Waals surface area contributed by atoms with Crippen molar-refractivity contribution in [3.05, 3.63) is 219 Å². The number of hydrogen-bond acceptors (Lipinski definition) is 32. The van der Waals surface area contributed by atoms with Crippen LogP contribution in [0.15, 0.2) is 143 Å². The van der Waals surface area contributed by atoms with Crippen LogP contribution in [0.4, 0.5) is 0 Å². The first-order chi connectivity index (χ1) is 62.5. The standard InChI is InChI=1S/2C13H14ClNO4.C13H15NO4.2C11H12ClNO3S.C11H13NO4.C11H13NO3S.C11H13NO3/c1-6-8(16)5-7-9(10(6)14)12(18)19-15(11(7)17)13(2,3)4;1-6-5-7-8(9(14)10(6)16)11(17)15(13(2,3)4)19-12(7)18;1-7-5-9-8(6-10(7)15)11(16)14(13(2,3)4)18-12(9)17;1-11(2,3)13-10(16)5-4-6(14)8(15)7(12)9(5)17-13;1-11(2,3)13-10(16)7-6(17-13)4-5(14)9(15)8(7)12;2*1-11(2,3)12-10(15)6-4-7(13)8(14)5-9(6)16-12;1-11(2,3)10-6-4-7(13)8(14)5-9(6)15-12-10/h2*5,16H,1-4H3;5-6,15H,1-4H3;2*4,14-15H,1-3H3;2*4-5,13-14H,1-3H3;4-5,13-14H,1-3H3. The summed E-state index contributed by atoms with van der Waals surface area (Å²) < 4.78 is 36.3. The van der Waals surface area contributed by atoms with Crippen molar-refractivity contribution in [1.82, 2.24) is 36.0 Å². The topological polar surface area (TPSA) is 547 Å². The molecule has 16 aromatic rings. The average Bonchev–Trinajstić information content (AvgIpc) is 1.18. The molecule has 16 rings (SSSR count). The number of aromatic nitrogens is 8. The van der Waals surface area contributed by atoms with E-state index in [-0.39, 0.29) is 182 Å². The molecule has 0 aliphatic rings. The second-order valence-electron chi connectivity index (χ2n) is 39.8. The van der Waals surface area contributed by atoms with Crippen LogP contribution < -0.4 is 55.8 Å². The number of aromatic hydroxyl groups is 13. The van der Waals surface area contributed by atoms with Gasteiger partial charge in [0.15, 0.2) is 68.7 Å². The van der Waals surface area contributed by atoms with Gasteiger partial charge in [0.2, 0.25) is 0 Å². The Kier molecular flexibility index (Phi) is 30.2. The third kappa shape index (κ3) is 22.3. The zero-order chi connectivity index (χ0) is 104. The number of phenolic OH excluding ortho intramolecular Hbond substituents is 13. The maximum Gasteiger partial charge on any atom is 0.365 e. The maximum absolute atomic E-state index is 12.3. The fourth-order valence-corrected chi connectivity index (χ4v) is 17.5. The van der Waals surface area contributed by atoms with Gasteiger partial charge in [-0.15, -0.1) is 0 Å². The van der Waals surface area contributed by atoms with Crippen molar-refractivity contribution in [2.24, 2.45) is 0 Å². The first kappa shape index (κ1) is 108. The Morgan fingerprint density at radius 3 is 1.15 bits per heavy atom. The molecule has 43 heteroatoms. The van der Waals surface area contributed by atoms with Gasteiger partial charge in [0.1, 0.15) is 27.3 Å². The molecule has 0 saturated carbocycles. The van der Waals surface area contributed by atoms with E-state index in [4.69, 9.17) is 69.0 Å². The largest absolute Gasteiger partial charge is 0.508 e. The molecule has 0 saturated heterocycles. The van der Waals surface area contributed by atoms with E-state index >= 15 is 0 Å². The van der Waals surface area contributed by atoms with Crippen molar-refractivity contribution >= 4 is 166 Å². The van der Waals surface area contributed by atoms with E-state index < -0.39 is 61.5 Å². The minimum atomic E-state index is -0.700. The Hall–Kier alpha value is -13.1. The Balaban J connectivity index is 0.000000176. The van der Waals surface area contributed by atoms with Gasteiger partial charge >= 0.3 is 16.9 Å². The van der Waals surface area contributed by atoms with Gasteiger partial charge in [-0.2, -0.15) is 19.0 Å². The fraction of sp³-hybridized carbons (Fsp3) is 0.372. The fourth-order valence-electron chi connectivity index (χ4n) is 13.0. The highest BCUT2D eigenvalue weighted by Gasteiger charge is 2.32. The number of halogens is 4. The summed E-state index contributed by atoms with van der Waals surface area (Å²) in [6.07, 6.45) is 0. The van der Waals surface area contributed by atoms with Crippen molar-refractivity contribution in [2.45, 2.75) is 231 Å². The van der Waals surface area contributed by atoms with Crippen LogP contribution in [0.1, 0.15) is 189 Å². The minimum absolute atomic E-state index is 0.00228. The SMILES string of the molecule is CC(C)(C)c1noc2cc(O)c(O)cc12.CC(C)(C)n1oc2cc(O)c(O)cc2c1=O.CC(C)(C)n1sc2c(Cl)c(O)c(O)cc2c1=O.CC(C)(C)n1sc2cc(O)c(O)c(Cl)c2c1=O.CC(C)(C)n1sc2cc(O)c(O)cc2c1=O.Cc1c(O)cc2c(=O)n(C(C)(C)C)oc(=O)c2c1Cl.Cc1cc2c(=O)on(C(C)(C)C)c(=O)c2c(Cl)c1O.Cc1cc2c(=O)on(C(C)(C)C)c(=O)c2cc1O. The summed E-state index contributed by atoms with van der Waals surface area (Å²) in [7, 11) is 0. The van der Waals surface area contributed by atoms with Gasteiger partial charge in [-0.25, -0.2) is 14.4 Å². The predicted molar refractivity (Wildman–Crippen MR) is 533 cm³/mol. The molecular formula is C94H106Cl4N8O28S3. The first-order valence-electron chi connectivity index (χ1n) is 41.6. The van der Waals surface area contributed by atoms with Crippen LogP contribution in [0.3, 0.4) is 0 Å². The van der Waals surface area contributed by atoms with Crippen LogP contribution in [0.25, 0.3) is 84.5 Å². The second-order valence-corrected chi connectivity index (χ2v) is 44.2. The number of rotatable bonds is 0. The summed E-state index contributed by atoms with van der Waals surface area (Å²) in [5.41, 5.74) is -5.21. The molecule has 8 aromatic carbocycles. The van der Waals surface area contributed by atoms with Crippen LogP contribution in [-0.4, -0.2) is 102 Å². The Bertz CT molecular complexity index is 8030. The molecule has 0 radical (unpaired) electrons. The molecule has 0 bridgehead atoms. The molecule has 0 aliphatic heterocycles. The van der Waals surface area contributed by atoms with Gasteiger partial charge in [0, 0.05) is 46.7 Å². The molecule has 8 heterocycles. The molecule has 0 spiro atoms. The van der Waals surface area contributed by atoms with Crippen LogP contribution in [0, 0.1) is 20.8 Å². The lowest BCUT2D eigenvalue weighted by molar-refractivity contribution is 0.135. The molecule has 736 valence electrons. The van der Waals surface area contributed by atoms with Crippen LogP contribution >= 0.6 is 81.0 Å². The predicted octanol–water partition coefficient (Wildman–Crippen LogP) is 18.8. The highest BCUT2D eigenvalue weighted by Crippen LogP contribution is 2.45. The summed E-state index contributed by atoms with van der Waals surface area (Å²) >= 11 is 27.5. The smallest absolute Gasteiger partial charge is 0.365 e. The summed E-state index contributed by atoms with van der Waals surface area (Å²) in [6, 6.07) is 16.0. The molecule has 36 nitrogen and oxygen atoms in total.